The first kappa shape index (κ1) is 13.1. The summed E-state index contributed by atoms with van der Waals surface area (Å²) in [6, 6.07) is 3.82. The zero-order valence-corrected chi connectivity index (χ0v) is 12.8. The molecule has 3 heterocycles. The molecule has 3 rings (SSSR count). The Bertz CT molecular complexity index is 544. The number of thiocarbonyl (C=S) groups is 1. The van der Waals surface area contributed by atoms with E-state index in [0.717, 1.165) is 39.6 Å². The number of likely N-dealkylation sites (tertiary alicyclic amines) is 1. The lowest BCUT2D eigenvalue weighted by atomic mass is 10.4. The molecule has 3 nitrogen and oxygen atoms in total. The van der Waals surface area contributed by atoms with Crippen LogP contribution >= 0.6 is 35.3 Å². The van der Waals surface area contributed by atoms with Crippen LogP contribution in [0.4, 0.5) is 0 Å². The summed E-state index contributed by atoms with van der Waals surface area (Å²) < 4.78 is 6.35. The fourth-order valence-electron chi connectivity index (χ4n) is 2.01. The molecular weight excluding hydrogens is 296 g/mol. The average molecular weight is 310 g/mol. The molecule has 19 heavy (non-hydrogen) atoms. The van der Waals surface area contributed by atoms with E-state index in [-0.39, 0.29) is 0 Å². The van der Waals surface area contributed by atoms with Crippen molar-refractivity contribution in [2.45, 2.75) is 18.6 Å². The summed E-state index contributed by atoms with van der Waals surface area (Å²) in [4.78, 5) is 6.87. The van der Waals surface area contributed by atoms with Gasteiger partial charge in [0.2, 0.25) is 0 Å². The lowest BCUT2D eigenvalue weighted by Crippen LogP contribution is -2.23. The third kappa shape index (κ3) is 3.19. The Balaban J connectivity index is 1.57. The van der Waals surface area contributed by atoms with Crippen molar-refractivity contribution in [2.75, 3.05) is 13.1 Å². The third-order valence-corrected chi connectivity index (χ3v) is 5.45. The molecular formula is C13H14N2OS3. The van der Waals surface area contributed by atoms with Gasteiger partial charge in [-0.3, -0.25) is 0 Å². The number of rotatable bonds is 3. The van der Waals surface area contributed by atoms with Crippen LogP contribution in [-0.2, 0) is 5.75 Å². The first-order chi connectivity index (χ1) is 9.33. The second-order valence-electron chi connectivity index (χ2n) is 4.37. The molecule has 0 unspecified atom stereocenters. The number of nitrogens with zero attached hydrogens (tertiary/aromatic N) is 2. The zero-order chi connectivity index (χ0) is 13.1. The molecule has 0 atom stereocenters. The zero-order valence-electron chi connectivity index (χ0n) is 10.4. The van der Waals surface area contributed by atoms with Gasteiger partial charge in [-0.15, -0.1) is 11.3 Å². The van der Waals surface area contributed by atoms with Crippen molar-refractivity contribution in [3.05, 3.63) is 29.5 Å². The summed E-state index contributed by atoms with van der Waals surface area (Å²) in [6.45, 7) is 2.22. The van der Waals surface area contributed by atoms with E-state index in [2.05, 4.69) is 15.3 Å². The normalized spacial score (nSPS) is 15.1. The van der Waals surface area contributed by atoms with E-state index in [9.17, 15) is 0 Å². The van der Waals surface area contributed by atoms with E-state index in [1.807, 2.05) is 12.1 Å². The number of aromatic nitrogens is 1. The van der Waals surface area contributed by atoms with Crippen LogP contribution in [0.1, 0.15) is 18.5 Å². The van der Waals surface area contributed by atoms with Crippen LogP contribution in [0.25, 0.3) is 10.8 Å². The molecule has 0 N–H and O–H groups in total. The molecule has 0 aromatic carbocycles. The van der Waals surface area contributed by atoms with E-state index < -0.39 is 0 Å². The molecule has 1 fully saturated rings. The summed E-state index contributed by atoms with van der Waals surface area (Å²) in [5.74, 6) is 1.68. The number of hydrogen-bond donors (Lipinski definition) is 0. The maximum absolute atomic E-state index is 5.45. The van der Waals surface area contributed by atoms with Crippen molar-refractivity contribution in [3.8, 4) is 10.8 Å². The molecule has 2 aromatic rings. The quantitative estimate of drug-likeness (QED) is 0.799. The Morgan fingerprint density at radius 3 is 3.05 bits per heavy atom. The molecule has 0 bridgehead atoms. The van der Waals surface area contributed by atoms with Gasteiger partial charge in [0, 0.05) is 24.2 Å². The molecule has 100 valence electrons. The van der Waals surface area contributed by atoms with Crippen molar-refractivity contribution >= 4 is 39.6 Å². The highest BCUT2D eigenvalue weighted by atomic mass is 32.2. The predicted molar refractivity (Wildman–Crippen MR) is 84.5 cm³/mol. The predicted octanol–water partition coefficient (Wildman–Crippen LogP) is 4.02. The summed E-state index contributed by atoms with van der Waals surface area (Å²) >= 11 is 8.77. The molecule has 0 spiro atoms. The first-order valence-electron chi connectivity index (χ1n) is 6.23. The second-order valence-corrected chi connectivity index (χ2v) is 6.84. The summed E-state index contributed by atoms with van der Waals surface area (Å²) in [5, 5.41) is 3.02. The van der Waals surface area contributed by atoms with Crippen molar-refractivity contribution < 1.29 is 4.42 Å². The monoisotopic (exact) mass is 310 g/mol. The van der Waals surface area contributed by atoms with Crippen LogP contribution in [0.15, 0.2) is 28.2 Å². The minimum absolute atomic E-state index is 0.836. The van der Waals surface area contributed by atoms with Crippen LogP contribution in [0, 0.1) is 0 Å². The van der Waals surface area contributed by atoms with Gasteiger partial charge in [0.15, 0.2) is 10.8 Å². The van der Waals surface area contributed by atoms with Gasteiger partial charge in [0.25, 0.3) is 0 Å². The van der Waals surface area contributed by atoms with Gasteiger partial charge < -0.3 is 9.32 Å². The SMILES string of the molecule is S=C(SCc1csc(-c2ccco2)n1)N1CCCC1. The van der Waals surface area contributed by atoms with E-state index in [1.54, 1.807) is 29.4 Å². The fraction of sp³-hybridized carbons (Fsp3) is 0.385. The van der Waals surface area contributed by atoms with Gasteiger partial charge in [-0.2, -0.15) is 0 Å². The third-order valence-electron chi connectivity index (χ3n) is 2.99. The Hall–Kier alpha value is -0.850. The fourth-order valence-corrected chi connectivity index (χ4v) is 4.05. The van der Waals surface area contributed by atoms with Gasteiger partial charge in [-0.1, -0.05) is 24.0 Å². The smallest absolute Gasteiger partial charge is 0.162 e. The summed E-state index contributed by atoms with van der Waals surface area (Å²) in [7, 11) is 0. The van der Waals surface area contributed by atoms with Crippen molar-refractivity contribution in [2.24, 2.45) is 0 Å². The van der Waals surface area contributed by atoms with Crippen LogP contribution in [0.3, 0.4) is 0 Å². The minimum atomic E-state index is 0.836. The molecule has 6 heteroatoms. The number of thiazole rings is 1. The summed E-state index contributed by atoms with van der Waals surface area (Å²) in [6.07, 6.45) is 4.20. The van der Waals surface area contributed by atoms with Crippen LogP contribution in [-0.4, -0.2) is 27.3 Å². The largest absolute Gasteiger partial charge is 0.462 e. The molecule has 0 aliphatic carbocycles. The average Bonchev–Trinajstić information content (AvgIpc) is 3.14. The number of hydrogen-bond acceptors (Lipinski definition) is 5. The Morgan fingerprint density at radius 1 is 1.47 bits per heavy atom. The topological polar surface area (TPSA) is 29.3 Å². The Labute approximate surface area is 126 Å². The van der Waals surface area contributed by atoms with Gasteiger partial charge >= 0.3 is 0 Å². The van der Waals surface area contributed by atoms with Gasteiger partial charge in [0.1, 0.15) is 4.32 Å². The molecule has 0 amide bonds. The highest BCUT2D eigenvalue weighted by Gasteiger charge is 2.15. The molecule has 0 saturated carbocycles. The Morgan fingerprint density at radius 2 is 2.32 bits per heavy atom. The summed E-state index contributed by atoms with van der Waals surface area (Å²) in [5.41, 5.74) is 1.07. The van der Waals surface area contributed by atoms with Crippen LogP contribution in [0.2, 0.25) is 0 Å². The molecule has 1 aliphatic heterocycles. The molecule has 1 saturated heterocycles. The molecule has 1 aliphatic rings. The maximum atomic E-state index is 5.45. The lowest BCUT2D eigenvalue weighted by molar-refractivity contribution is 0.539. The van der Waals surface area contributed by atoms with Gasteiger partial charge in [-0.05, 0) is 25.0 Å². The second kappa shape index (κ2) is 6.07. The van der Waals surface area contributed by atoms with Crippen molar-refractivity contribution in [1.29, 1.82) is 0 Å². The molecule has 0 radical (unpaired) electrons. The van der Waals surface area contributed by atoms with Crippen LogP contribution in [0.5, 0.6) is 0 Å². The van der Waals surface area contributed by atoms with Crippen molar-refractivity contribution in [1.82, 2.24) is 9.88 Å². The highest BCUT2D eigenvalue weighted by Crippen LogP contribution is 2.26. The van der Waals surface area contributed by atoms with Gasteiger partial charge in [0.05, 0.1) is 12.0 Å². The van der Waals surface area contributed by atoms with Gasteiger partial charge in [-0.25, -0.2) is 4.98 Å². The Kier molecular flexibility index (Phi) is 4.20. The van der Waals surface area contributed by atoms with Crippen LogP contribution < -0.4 is 0 Å². The first-order valence-corrected chi connectivity index (χ1v) is 8.50. The van der Waals surface area contributed by atoms with E-state index in [0.29, 0.717) is 0 Å². The van der Waals surface area contributed by atoms with Crippen molar-refractivity contribution in [3.63, 3.8) is 0 Å². The lowest BCUT2D eigenvalue weighted by Gasteiger charge is -2.16. The number of furan rings is 1. The highest BCUT2D eigenvalue weighted by molar-refractivity contribution is 8.22. The van der Waals surface area contributed by atoms with E-state index in [1.165, 1.54) is 12.8 Å². The number of thioether (sulfide) groups is 1. The minimum Gasteiger partial charge on any atom is -0.462 e. The standard InChI is InChI=1S/C13H14N2OS3/c17-13(15-5-1-2-6-15)19-9-10-8-18-12(14-10)11-4-3-7-16-11/h3-4,7-8H,1-2,5-6,9H2. The maximum Gasteiger partial charge on any atom is 0.162 e. The van der Waals surface area contributed by atoms with E-state index >= 15 is 0 Å². The van der Waals surface area contributed by atoms with E-state index in [4.69, 9.17) is 16.6 Å². The molecule has 2 aromatic heterocycles.